The molecule has 1 heterocycles. The third-order valence-corrected chi connectivity index (χ3v) is 1.74. The van der Waals surface area contributed by atoms with Crippen LogP contribution in [0.1, 0.15) is 28.0 Å². The molecule has 0 aliphatic rings. The highest BCUT2D eigenvalue weighted by molar-refractivity contribution is 5.89. The first-order valence-electron chi connectivity index (χ1n) is 3.98. The molecule has 1 aromatic rings. The van der Waals surface area contributed by atoms with Crippen LogP contribution in [0.2, 0.25) is 0 Å². The summed E-state index contributed by atoms with van der Waals surface area (Å²) < 4.78 is 41.7. The number of rotatable bonds is 2. The zero-order chi connectivity index (χ0) is 12.3. The summed E-state index contributed by atoms with van der Waals surface area (Å²) in [7, 11) is 1.00. The summed E-state index contributed by atoms with van der Waals surface area (Å²) >= 11 is 0. The Morgan fingerprint density at radius 3 is 2.69 bits per heavy atom. The highest BCUT2D eigenvalue weighted by Gasteiger charge is 2.22. The number of pyridine rings is 1. The van der Waals surface area contributed by atoms with Gasteiger partial charge >= 0.3 is 5.97 Å². The van der Waals surface area contributed by atoms with Gasteiger partial charge in [-0.15, -0.1) is 0 Å². The van der Waals surface area contributed by atoms with Crippen LogP contribution in [0.15, 0.2) is 6.07 Å². The number of aromatic nitrogens is 1. The van der Waals surface area contributed by atoms with E-state index in [1.165, 1.54) is 6.07 Å². The van der Waals surface area contributed by atoms with Gasteiger partial charge in [0, 0.05) is 0 Å². The van der Waals surface area contributed by atoms with Crippen molar-refractivity contribution in [1.82, 2.24) is 4.98 Å². The number of nitriles is 1. The Hall–Kier alpha value is -2.10. The number of halogens is 3. The molecule has 1 aromatic heterocycles. The van der Waals surface area contributed by atoms with Gasteiger partial charge < -0.3 is 4.74 Å². The molecule has 1 rings (SSSR count). The zero-order valence-electron chi connectivity index (χ0n) is 8.00. The van der Waals surface area contributed by atoms with Gasteiger partial charge in [0.25, 0.3) is 6.43 Å². The van der Waals surface area contributed by atoms with Gasteiger partial charge in [-0.1, -0.05) is 0 Å². The van der Waals surface area contributed by atoms with Crippen LogP contribution in [0.5, 0.6) is 0 Å². The SMILES string of the molecule is COC(=O)c1nc(F)c(C(F)F)cc1C#N. The van der Waals surface area contributed by atoms with Crippen molar-refractivity contribution >= 4 is 5.97 Å². The number of carbonyl (C=O) groups is 1. The molecule has 0 N–H and O–H groups in total. The Kier molecular flexibility index (Phi) is 3.45. The molecule has 0 unspecified atom stereocenters. The fourth-order valence-electron chi connectivity index (χ4n) is 0.997. The van der Waals surface area contributed by atoms with E-state index in [1.807, 2.05) is 0 Å². The van der Waals surface area contributed by atoms with Crippen molar-refractivity contribution in [2.75, 3.05) is 7.11 Å². The molecule has 0 aliphatic carbocycles. The fourth-order valence-corrected chi connectivity index (χ4v) is 0.997. The number of nitrogens with zero attached hydrogens (tertiary/aromatic N) is 2. The van der Waals surface area contributed by atoms with Gasteiger partial charge in [0.05, 0.1) is 18.2 Å². The predicted molar refractivity (Wildman–Crippen MR) is 45.2 cm³/mol. The molecule has 0 fully saturated rings. The molecule has 0 radical (unpaired) electrons. The standard InChI is InChI=1S/C9H5F3N2O2/c1-16-9(15)6-4(3-13)2-5(7(10)11)8(12)14-6/h2,7H,1H3. The highest BCUT2D eigenvalue weighted by atomic mass is 19.3. The molecule has 0 atom stereocenters. The first-order chi connectivity index (χ1) is 7.51. The number of methoxy groups -OCH3 is 1. The molecule has 0 saturated heterocycles. The Morgan fingerprint density at radius 1 is 1.62 bits per heavy atom. The molecule has 0 saturated carbocycles. The average Bonchev–Trinajstić information content (AvgIpc) is 2.27. The lowest BCUT2D eigenvalue weighted by Gasteiger charge is -2.05. The smallest absolute Gasteiger partial charge is 0.358 e. The van der Waals surface area contributed by atoms with E-state index in [0.717, 1.165) is 7.11 Å². The second-order valence-corrected chi connectivity index (χ2v) is 2.67. The molecule has 7 heteroatoms. The normalized spacial score (nSPS) is 10.0. The molecule has 0 amide bonds. The number of esters is 1. The first kappa shape index (κ1) is 12.0. The Balaban J connectivity index is 3.39. The molecular formula is C9H5F3N2O2. The highest BCUT2D eigenvalue weighted by Crippen LogP contribution is 2.23. The summed E-state index contributed by atoms with van der Waals surface area (Å²) in [4.78, 5) is 14.0. The summed E-state index contributed by atoms with van der Waals surface area (Å²) in [6.07, 6.45) is -3.11. The lowest BCUT2D eigenvalue weighted by Crippen LogP contribution is -2.10. The minimum Gasteiger partial charge on any atom is -0.464 e. The molecule has 0 aromatic carbocycles. The molecule has 0 bridgehead atoms. The lowest BCUT2D eigenvalue weighted by atomic mass is 10.1. The van der Waals surface area contributed by atoms with E-state index in [4.69, 9.17) is 5.26 Å². The van der Waals surface area contributed by atoms with E-state index in [-0.39, 0.29) is 0 Å². The van der Waals surface area contributed by atoms with E-state index in [9.17, 15) is 18.0 Å². The lowest BCUT2D eigenvalue weighted by molar-refractivity contribution is 0.0591. The Labute approximate surface area is 88.3 Å². The van der Waals surface area contributed by atoms with Crippen LogP contribution < -0.4 is 0 Å². The predicted octanol–water partition coefficient (Wildman–Crippen LogP) is 1.82. The average molecular weight is 230 g/mol. The first-order valence-corrected chi connectivity index (χ1v) is 3.98. The number of ether oxygens (including phenoxy) is 1. The monoisotopic (exact) mass is 230 g/mol. The molecule has 4 nitrogen and oxygen atoms in total. The largest absolute Gasteiger partial charge is 0.464 e. The third kappa shape index (κ3) is 2.11. The van der Waals surface area contributed by atoms with Crippen molar-refractivity contribution in [3.8, 4) is 6.07 Å². The van der Waals surface area contributed by atoms with Crippen LogP contribution >= 0.6 is 0 Å². The molecule has 0 spiro atoms. The van der Waals surface area contributed by atoms with Crippen molar-refractivity contribution in [2.24, 2.45) is 0 Å². The summed E-state index contributed by atoms with van der Waals surface area (Å²) in [5.41, 5.74) is -2.10. The quantitative estimate of drug-likeness (QED) is 0.574. The zero-order valence-corrected chi connectivity index (χ0v) is 8.00. The van der Waals surface area contributed by atoms with Gasteiger partial charge in [0.15, 0.2) is 5.69 Å². The second-order valence-electron chi connectivity index (χ2n) is 2.67. The minimum atomic E-state index is -3.11. The molecule has 0 aliphatic heterocycles. The van der Waals surface area contributed by atoms with Crippen molar-refractivity contribution in [3.05, 3.63) is 28.8 Å². The van der Waals surface area contributed by atoms with Crippen LogP contribution in [-0.4, -0.2) is 18.1 Å². The number of carbonyl (C=O) groups excluding carboxylic acids is 1. The van der Waals surface area contributed by atoms with E-state index in [0.29, 0.717) is 6.07 Å². The third-order valence-electron chi connectivity index (χ3n) is 1.74. The minimum absolute atomic E-state index is 0.455. The Morgan fingerprint density at radius 2 is 2.25 bits per heavy atom. The maximum atomic E-state index is 13.0. The summed E-state index contributed by atoms with van der Waals surface area (Å²) in [6, 6.07) is 2.05. The maximum Gasteiger partial charge on any atom is 0.358 e. The molecular weight excluding hydrogens is 225 g/mol. The fraction of sp³-hybridized carbons (Fsp3) is 0.222. The summed E-state index contributed by atoms with van der Waals surface area (Å²) in [6.45, 7) is 0. The van der Waals surface area contributed by atoms with Crippen LogP contribution in [0.25, 0.3) is 0 Å². The van der Waals surface area contributed by atoms with Gasteiger partial charge in [-0.25, -0.2) is 18.6 Å². The van der Waals surface area contributed by atoms with E-state index in [1.54, 1.807) is 0 Å². The topological polar surface area (TPSA) is 63.0 Å². The molecule has 84 valence electrons. The maximum absolute atomic E-state index is 13.0. The van der Waals surface area contributed by atoms with E-state index in [2.05, 4.69) is 9.72 Å². The van der Waals surface area contributed by atoms with Crippen molar-refractivity contribution < 1.29 is 22.7 Å². The van der Waals surface area contributed by atoms with Gasteiger partial charge in [-0.3, -0.25) is 0 Å². The summed E-state index contributed by atoms with van der Waals surface area (Å²) in [5.74, 6) is -2.55. The second kappa shape index (κ2) is 4.61. The summed E-state index contributed by atoms with van der Waals surface area (Å²) in [5, 5.41) is 8.59. The van der Waals surface area contributed by atoms with E-state index < -0.39 is 35.2 Å². The van der Waals surface area contributed by atoms with Crippen LogP contribution in [0.3, 0.4) is 0 Å². The van der Waals surface area contributed by atoms with Crippen molar-refractivity contribution in [1.29, 1.82) is 5.26 Å². The van der Waals surface area contributed by atoms with Gasteiger partial charge in [0.1, 0.15) is 6.07 Å². The number of alkyl halides is 2. The van der Waals surface area contributed by atoms with Gasteiger partial charge in [-0.05, 0) is 6.07 Å². The number of hydrogen-bond acceptors (Lipinski definition) is 4. The Bertz CT molecular complexity index is 469. The van der Waals surface area contributed by atoms with Crippen molar-refractivity contribution in [2.45, 2.75) is 6.43 Å². The van der Waals surface area contributed by atoms with E-state index >= 15 is 0 Å². The molecule has 16 heavy (non-hydrogen) atoms. The van der Waals surface area contributed by atoms with Crippen LogP contribution in [-0.2, 0) is 4.74 Å². The van der Waals surface area contributed by atoms with Gasteiger partial charge in [-0.2, -0.15) is 9.65 Å². The van der Waals surface area contributed by atoms with Crippen molar-refractivity contribution in [3.63, 3.8) is 0 Å². The number of hydrogen-bond donors (Lipinski definition) is 0. The van der Waals surface area contributed by atoms with Crippen LogP contribution in [0.4, 0.5) is 13.2 Å². The van der Waals surface area contributed by atoms with Gasteiger partial charge in [0.2, 0.25) is 5.95 Å². The van der Waals surface area contributed by atoms with Crippen LogP contribution in [0, 0.1) is 17.3 Å².